The third-order valence-electron chi connectivity index (χ3n) is 3.55. The first kappa shape index (κ1) is 15.7. The highest BCUT2D eigenvalue weighted by Crippen LogP contribution is 2.31. The van der Waals surface area contributed by atoms with Crippen LogP contribution in [-0.2, 0) is 9.84 Å². The van der Waals surface area contributed by atoms with Gasteiger partial charge in [0.1, 0.15) is 0 Å². The van der Waals surface area contributed by atoms with Crippen molar-refractivity contribution in [3.05, 3.63) is 10.6 Å². The molecule has 20 heavy (non-hydrogen) atoms. The number of thiazole rings is 1. The maximum atomic E-state index is 11.7. The van der Waals surface area contributed by atoms with Crippen molar-refractivity contribution in [3.63, 3.8) is 0 Å². The molecule has 1 saturated heterocycles. The number of aryl methyl sites for hydroxylation is 1. The predicted octanol–water partition coefficient (Wildman–Crippen LogP) is 1.75. The molecule has 1 aromatic rings. The van der Waals surface area contributed by atoms with Crippen molar-refractivity contribution < 1.29 is 8.42 Å². The summed E-state index contributed by atoms with van der Waals surface area (Å²) in [4.78, 5) is 8.00. The van der Waals surface area contributed by atoms with E-state index in [4.69, 9.17) is 0 Å². The second-order valence-electron chi connectivity index (χ2n) is 5.22. The zero-order chi connectivity index (χ0) is 14.8. The molecule has 0 aromatic carbocycles. The number of anilines is 1. The van der Waals surface area contributed by atoms with Crippen LogP contribution < -0.4 is 10.2 Å². The summed E-state index contributed by atoms with van der Waals surface area (Å²) in [7, 11) is -2.87. The summed E-state index contributed by atoms with van der Waals surface area (Å²) >= 11 is 1.68. The van der Waals surface area contributed by atoms with Crippen LogP contribution in [0, 0.1) is 6.92 Å². The highest BCUT2D eigenvalue weighted by atomic mass is 32.2. The normalized spacial score (nSPS) is 20.6. The molecule has 0 spiro atoms. The molecule has 0 amide bonds. The minimum Gasteiger partial charge on any atom is -0.347 e. The SMILES string of the molecule is CCNC(C)c1sc(N2CCCS(=O)(=O)CC2)nc1C. The summed E-state index contributed by atoms with van der Waals surface area (Å²) in [5.41, 5.74) is 1.05. The van der Waals surface area contributed by atoms with E-state index < -0.39 is 9.84 Å². The molecule has 1 aliphatic heterocycles. The van der Waals surface area contributed by atoms with E-state index in [1.165, 1.54) is 4.88 Å². The highest BCUT2D eigenvalue weighted by Gasteiger charge is 2.22. The minimum absolute atomic E-state index is 0.240. The largest absolute Gasteiger partial charge is 0.347 e. The lowest BCUT2D eigenvalue weighted by molar-refractivity contribution is 0.597. The summed E-state index contributed by atoms with van der Waals surface area (Å²) in [6.45, 7) is 8.52. The van der Waals surface area contributed by atoms with Crippen LogP contribution >= 0.6 is 11.3 Å². The molecule has 114 valence electrons. The van der Waals surface area contributed by atoms with Crippen LogP contribution in [0.1, 0.15) is 36.9 Å². The molecular formula is C13H23N3O2S2. The van der Waals surface area contributed by atoms with Gasteiger partial charge in [0.25, 0.3) is 0 Å². The van der Waals surface area contributed by atoms with Gasteiger partial charge in [-0.15, -0.1) is 11.3 Å². The van der Waals surface area contributed by atoms with Gasteiger partial charge < -0.3 is 10.2 Å². The van der Waals surface area contributed by atoms with Crippen molar-refractivity contribution in [1.29, 1.82) is 0 Å². The van der Waals surface area contributed by atoms with Crippen LogP contribution in [0.15, 0.2) is 0 Å². The van der Waals surface area contributed by atoms with E-state index in [0.29, 0.717) is 24.8 Å². The fourth-order valence-electron chi connectivity index (χ4n) is 2.46. The first-order chi connectivity index (χ1) is 9.43. The molecule has 1 aromatic heterocycles. The van der Waals surface area contributed by atoms with Gasteiger partial charge in [0, 0.05) is 24.0 Å². The van der Waals surface area contributed by atoms with Crippen molar-refractivity contribution >= 4 is 26.3 Å². The molecule has 1 atom stereocenters. The van der Waals surface area contributed by atoms with Gasteiger partial charge in [-0.05, 0) is 26.8 Å². The van der Waals surface area contributed by atoms with Gasteiger partial charge in [0.05, 0.1) is 17.2 Å². The third kappa shape index (κ3) is 3.71. The highest BCUT2D eigenvalue weighted by molar-refractivity contribution is 7.91. The smallest absolute Gasteiger partial charge is 0.185 e. The number of aromatic nitrogens is 1. The molecule has 0 aliphatic carbocycles. The second-order valence-corrected chi connectivity index (χ2v) is 8.53. The van der Waals surface area contributed by atoms with Gasteiger partial charge in [0.2, 0.25) is 0 Å². The average Bonchev–Trinajstić information content (AvgIpc) is 2.66. The van der Waals surface area contributed by atoms with E-state index in [9.17, 15) is 8.42 Å². The zero-order valence-electron chi connectivity index (χ0n) is 12.3. The van der Waals surface area contributed by atoms with Crippen LogP contribution in [0.4, 0.5) is 5.13 Å². The molecule has 2 rings (SSSR count). The summed E-state index contributed by atoms with van der Waals surface area (Å²) in [6.07, 6.45) is 0.694. The van der Waals surface area contributed by atoms with Crippen LogP contribution in [0.25, 0.3) is 0 Å². The molecule has 7 heteroatoms. The van der Waals surface area contributed by atoms with Crippen LogP contribution in [-0.4, -0.2) is 44.5 Å². The molecule has 0 bridgehead atoms. The van der Waals surface area contributed by atoms with Gasteiger partial charge in [-0.3, -0.25) is 0 Å². The second kappa shape index (κ2) is 6.41. The lowest BCUT2D eigenvalue weighted by Crippen LogP contribution is -2.26. The van der Waals surface area contributed by atoms with Crippen molar-refractivity contribution in [2.24, 2.45) is 0 Å². The fraction of sp³-hybridized carbons (Fsp3) is 0.769. The van der Waals surface area contributed by atoms with E-state index in [0.717, 1.165) is 23.9 Å². The molecule has 1 N–H and O–H groups in total. The fourth-order valence-corrected chi connectivity index (χ4v) is 4.88. The molecule has 2 heterocycles. The Morgan fingerprint density at radius 3 is 2.85 bits per heavy atom. The predicted molar refractivity (Wildman–Crippen MR) is 84.4 cm³/mol. The lowest BCUT2D eigenvalue weighted by Gasteiger charge is -2.18. The summed E-state index contributed by atoms with van der Waals surface area (Å²) < 4.78 is 23.3. The van der Waals surface area contributed by atoms with E-state index >= 15 is 0 Å². The number of hydrogen-bond donors (Lipinski definition) is 1. The summed E-state index contributed by atoms with van der Waals surface area (Å²) in [5, 5.41) is 4.36. The van der Waals surface area contributed by atoms with Gasteiger partial charge >= 0.3 is 0 Å². The standard InChI is InChI=1S/C13H23N3O2S2/c1-4-14-10(2)12-11(3)15-13(19-12)16-6-5-8-20(17,18)9-7-16/h10,14H,4-9H2,1-3H3. The summed E-state index contributed by atoms with van der Waals surface area (Å²) in [5.74, 6) is 0.540. The molecule has 1 fully saturated rings. The summed E-state index contributed by atoms with van der Waals surface area (Å²) in [6, 6.07) is 0.293. The van der Waals surface area contributed by atoms with E-state index in [-0.39, 0.29) is 5.75 Å². The van der Waals surface area contributed by atoms with Crippen LogP contribution in [0.3, 0.4) is 0 Å². The first-order valence-corrected chi connectivity index (χ1v) is 9.73. The number of rotatable bonds is 4. The van der Waals surface area contributed by atoms with E-state index in [2.05, 4.69) is 29.0 Å². The Labute approximate surface area is 125 Å². The van der Waals surface area contributed by atoms with Crippen molar-refractivity contribution in [3.8, 4) is 0 Å². The molecule has 0 radical (unpaired) electrons. The lowest BCUT2D eigenvalue weighted by atomic mass is 10.2. The van der Waals surface area contributed by atoms with E-state index in [1.807, 2.05) is 6.92 Å². The molecule has 0 saturated carbocycles. The Morgan fingerprint density at radius 1 is 1.40 bits per heavy atom. The molecule has 1 aliphatic rings. The number of sulfone groups is 1. The molecule has 1 unspecified atom stereocenters. The maximum absolute atomic E-state index is 11.7. The molecule has 5 nitrogen and oxygen atoms in total. The van der Waals surface area contributed by atoms with Gasteiger partial charge in [0.15, 0.2) is 15.0 Å². The minimum atomic E-state index is -2.87. The number of nitrogens with zero attached hydrogens (tertiary/aromatic N) is 2. The monoisotopic (exact) mass is 317 g/mol. The van der Waals surface area contributed by atoms with Crippen LogP contribution in [0.5, 0.6) is 0 Å². The Balaban J connectivity index is 2.15. The first-order valence-electron chi connectivity index (χ1n) is 7.09. The molecular weight excluding hydrogens is 294 g/mol. The van der Waals surface area contributed by atoms with Gasteiger partial charge in [-0.25, -0.2) is 13.4 Å². The van der Waals surface area contributed by atoms with Crippen molar-refractivity contribution in [2.45, 2.75) is 33.2 Å². The Hall–Kier alpha value is -0.660. The van der Waals surface area contributed by atoms with E-state index in [1.54, 1.807) is 11.3 Å². The Bertz CT molecular complexity index is 554. The number of nitrogens with one attached hydrogen (secondary N) is 1. The average molecular weight is 317 g/mol. The van der Waals surface area contributed by atoms with Crippen molar-refractivity contribution in [1.82, 2.24) is 10.3 Å². The number of hydrogen-bond acceptors (Lipinski definition) is 6. The Morgan fingerprint density at radius 2 is 2.15 bits per heavy atom. The quantitative estimate of drug-likeness (QED) is 0.916. The topological polar surface area (TPSA) is 62.3 Å². The zero-order valence-corrected chi connectivity index (χ0v) is 14.0. The maximum Gasteiger partial charge on any atom is 0.185 e. The Kier molecular flexibility index (Phi) is 5.04. The van der Waals surface area contributed by atoms with Gasteiger partial charge in [-0.2, -0.15) is 0 Å². The third-order valence-corrected chi connectivity index (χ3v) is 6.67. The van der Waals surface area contributed by atoms with Gasteiger partial charge in [-0.1, -0.05) is 6.92 Å². The van der Waals surface area contributed by atoms with Crippen molar-refractivity contribution in [2.75, 3.05) is 36.0 Å². The van der Waals surface area contributed by atoms with Crippen LogP contribution in [0.2, 0.25) is 0 Å².